The molecule has 0 spiro atoms. The van der Waals surface area contributed by atoms with Crippen molar-refractivity contribution in [3.63, 3.8) is 0 Å². The molecule has 1 nitrogen and oxygen atoms in total. The van der Waals surface area contributed by atoms with Crippen LogP contribution in [0.4, 0.5) is 0 Å². The zero-order chi connectivity index (χ0) is 12.7. The molecule has 3 rings (SSSR count). The van der Waals surface area contributed by atoms with E-state index in [4.69, 9.17) is 5.73 Å². The first-order valence-corrected chi connectivity index (χ1v) is 8.33. The molecule has 94 valence electrons. The van der Waals surface area contributed by atoms with Crippen molar-refractivity contribution in [2.45, 2.75) is 24.8 Å². The van der Waals surface area contributed by atoms with Crippen LogP contribution in [0.1, 0.15) is 34.4 Å². The second-order valence-corrected chi connectivity index (χ2v) is 7.97. The molecule has 1 heterocycles. The summed E-state index contributed by atoms with van der Waals surface area (Å²) < 4.78 is 2.23. The third-order valence-electron chi connectivity index (χ3n) is 3.53. The number of rotatable bonds is 3. The highest BCUT2D eigenvalue weighted by atomic mass is 79.9. The van der Waals surface area contributed by atoms with Crippen LogP contribution >= 0.6 is 43.2 Å². The van der Waals surface area contributed by atoms with Crippen molar-refractivity contribution in [1.29, 1.82) is 0 Å². The highest BCUT2D eigenvalue weighted by molar-refractivity contribution is 9.13. The van der Waals surface area contributed by atoms with Gasteiger partial charge in [0.15, 0.2) is 0 Å². The van der Waals surface area contributed by atoms with Gasteiger partial charge in [0.1, 0.15) is 0 Å². The Hall–Kier alpha value is -0.160. The van der Waals surface area contributed by atoms with Crippen molar-refractivity contribution in [2.75, 3.05) is 0 Å². The molecule has 2 unspecified atom stereocenters. The molecule has 1 aliphatic carbocycles. The fourth-order valence-corrected chi connectivity index (χ4v) is 4.65. The van der Waals surface area contributed by atoms with Crippen LogP contribution in [-0.2, 0) is 6.42 Å². The maximum Gasteiger partial charge on any atom is 0.0843 e. The van der Waals surface area contributed by atoms with Crippen molar-refractivity contribution < 1.29 is 0 Å². The van der Waals surface area contributed by atoms with Crippen LogP contribution in [0.25, 0.3) is 0 Å². The lowest BCUT2D eigenvalue weighted by Crippen LogP contribution is -2.22. The third kappa shape index (κ3) is 2.31. The highest BCUT2D eigenvalue weighted by Crippen LogP contribution is 2.42. The lowest BCUT2D eigenvalue weighted by molar-refractivity contribution is 0.502. The summed E-state index contributed by atoms with van der Waals surface area (Å²) in [6.45, 7) is 0. The lowest BCUT2D eigenvalue weighted by atomic mass is 9.74. The standard InChI is InChI=1S/C14H13Br2NS/c15-11-7-13(18-14(11)16)12(17)6-9-5-8-3-1-2-4-10(8)9/h1-4,7,9,12H,5-6,17H2. The SMILES string of the molecule is NC(CC1Cc2ccccc21)c1cc(Br)c(Br)s1. The highest BCUT2D eigenvalue weighted by Gasteiger charge is 2.28. The zero-order valence-electron chi connectivity index (χ0n) is 9.70. The van der Waals surface area contributed by atoms with Gasteiger partial charge >= 0.3 is 0 Å². The van der Waals surface area contributed by atoms with Gasteiger partial charge in [-0.15, -0.1) is 11.3 Å². The van der Waals surface area contributed by atoms with Crippen LogP contribution < -0.4 is 5.73 Å². The van der Waals surface area contributed by atoms with Gasteiger partial charge in [0.2, 0.25) is 0 Å². The quantitative estimate of drug-likeness (QED) is 0.788. The first-order valence-electron chi connectivity index (χ1n) is 5.93. The van der Waals surface area contributed by atoms with E-state index in [0.29, 0.717) is 5.92 Å². The first-order chi connectivity index (χ1) is 8.65. The summed E-state index contributed by atoms with van der Waals surface area (Å²) in [5, 5.41) is 0. The summed E-state index contributed by atoms with van der Waals surface area (Å²) in [5.41, 5.74) is 9.29. The molecule has 0 amide bonds. The Balaban J connectivity index is 1.72. The average molecular weight is 387 g/mol. The van der Waals surface area contributed by atoms with Crippen LogP contribution in [0.15, 0.2) is 38.6 Å². The molecule has 0 aliphatic heterocycles. The summed E-state index contributed by atoms with van der Waals surface area (Å²) in [6.07, 6.45) is 2.22. The predicted octanol–water partition coefficient (Wildman–Crippen LogP) is 5.00. The number of fused-ring (bicyclic) bond motifs is 1. The zero-order valence-corrected chi connectivity index (χ0v) is 13.7. The Morgan fingerprint density at radius 3 is 2.78 bits per heavy atom. The minimum atomic E-state index is 0.135. The maximum absolute atomic E-state index is 6.31. The Bertz CT molecular complexity index is 559. The van der Waals surface area contributed by atoms with E-state index in [1.807, 2.05) is 0 Å². The number of benzene rings is 1. The third-order valence-corrected chi connectivity index (χ3v) is 6.92. The molecule has 0 saturated carbocycles. The summed E-state index contributed by atoms with van der Waals surface area (Å²) in [4.78, 5) is 1.25. The lowest BCUT2D eigenvalue weighted by Gasteiger charge is -2.31. The number of nitrogens with two attached hydrogens (primary N) is 1. The molecule has 0 radical (unpaired) electrons. The van der Waals surface area contributed by atoms with E-state index in [1.165, 1.54) is 22.4 Å². The van der Waals surface area contributed by atoms with Gasteiger partial charge in [-0.1, -0.05) is 24.3 Å². The van der Waals surface area contributed by atoms with E-state index in [2.05, 4.69) is 62.2 Å². The van der Waals surface area contributed by atoms with Crippen LogP contribution in [0.3, 0.4) is 0 Å². The van der Waals surface area contributed by atoms with Gasteiger partial charge in [-0.25, -0.2) is 0 Å². The topological polar surface area (TPSA) is 26.0 Å². The monoisotopic (exact) mass is 385 g/mol. The minimum absolute atomic E-state index is 0.135. The van der Waals surface area contributed by atoms with Gasteiger partial charge < -0.3 is 5.73 Å². The molecule has 2 atom stereocenters. The Labute approximate surface area is 128 Å². The van der Waals surface area contributed by atoms with Crippen LogP contribution in [0.2, 0.25) is 0 Å². The van der Waals surface area contributed by atoms with Gasteiger partial charge in [-0.3, -0.25) is 0 Å². The van der Waals surface area contributed by atoms with E-state index in [9.17, 15) is 0 Å². The normalized spacial score (nSPS) is 19.2. The van der Waals surface area contributed by atoms with Gasteiger partial charge in [-0.05, 0) is 67.8 Å². The van der Waals surface area contributed by atoms with E-state index >= 15 is 0 Å². The van der Waals surface area contributed by atoms with Gasteiger partial charge in [0, 0.05) is 15.4 Å². The fourth-order valence-electron chi connectivity index (χ4n) is 2.54. The number of hydrogen-bond acceptors (Lipinski definition) is 2. The number of thiophene rings is 1. The van der Waals surface area contributed by atoms with Crippen LogP contribution in [-0.4, -0.2) is 0 Å². The average Bonchev–Trinajstić information content (AvgIpc) is 2.67. The van der Waals surface area contributed by atoms with E-state index in [1.54, 1.807) is 11.3 Å². The Morgan fingerprint density at radius 1 is 1.33 bits per heavy atom. The van der Waals surface area contributed by atoms with Crippen molar-refractivity contribution in [1.82, 2.24) is 0 Å². The molecule has 0 bridgehead atoms. The molecule has 1 aliphatic rings. The molecule has 1 aromatic heterocycles. The smallest absolute Gasteiger partial charge is 0.0843 e. The van der Waals surface area contributed by atoms with Crippen molar-refractivity contribution in [2.24, 2.45) is 5.73 Å². The van der Waals surface area contributed by atoms with Crippen LogP contribution in [0.5, 0.6) is 0 Å². The Kier molecular flexibility index (Phi) is 3.63. The van der Waals surface area contributed by atoms with Crippen molar-refractivity contribution in [3.8, 4) is 0 Å². The predicted molar refractivity (Wildman–Crippen MR) is 84.2 cm³/mol. The van der Waals surface area contributed by atoms with Gasteiger partial charge in [0.05, 0.1) is 3.79 Å². The van der Waals surface area contributed by atoms with Crippen molar-refractivity contribution >= 4 is 43.2 Å². The second-order valence-electron chi connectivity index (χ2n) is 4.71. The van der Waals surface area contributed by atoms with E-state index in [-0.39, 0.29) is 6.04 Å². The largest absolute Gasteiger partial charge is 0.323 e. The molecular formula is C14H13Br2NS. The molecule has 4 heteroatoms. The summed E-state index contributed by atoms with van der Waals surface area (Å²) >= 11 is 8.76. The maximum atomic E-state index is 6.31. The minimum Gasteiger partial charge on any atom is -0.323 e. The molecule has 18 heavy (non-hydrogen) atoms. The number of halogens is 2. The summed E-state index contributed by atoms with van der Waals surface area (Å²) in [5.74, 6) is 0.635. The first kappa shape index (κ1) is 12.9. The van der Waals surface area contributed by atoms with Crippen molar-refractivity contribution in [3.05, 3.63) is 54.6 Å². The molecule has 2 aromatic rings. The van der Waals surface area contributed by atoms with Crippen LogP contribution in [0, 0.1) is 0 Å². The molecular weight excluding hydrogens is 374 g/mol. The summed E-state index contributed by atoms with van der Waals surface area (Å²) in [7, 11) is 0. The van der Waals surface area contributed by atoms with Gasteiger partial charge in [-0.2, -0.15) is 0 Å². The fraction of sp³-hybridized carbons (Fsp3) is 0.286. The van der Waals surface area contributed by atoms with Gasteiger partial charge in [0.25, 0.3) is 0 Å². The molecule has 0 saturated heterocycles. The summed E-state index contributed by atoms with van der Waals surface area (Å²) in [6, 6.07) is 10.9. The van der Waals surface area contributed by atoms with E-state index in [0.717, 1.165) is 14.7 Å². The second kappa shape index (κ2) is 5.08. The molecule has 1 aromatic carbocycles. The Morgan fingerprint density at radius 2 is 2.11 bits per heavy atom. The molecule has 2 N–H and O–H groups in total. The number of hydrogen-bond donors (Lipinski definition) is 1. The van der Waals surface area contributed by atoms with E-state index < -0.39 is 0 Å². The molecule has 0 fully saturated rings.